The van der Waals surface area contributed by atoms with Crippen LogP contribution in [-0.2, 0) is 30.8 Å². The van der Waals surface area contributed by atoms with Crippen molar-refractivity contribution in [2.75, 3.05) is 26.4 Å². The van der Waals surface area contributed by atoms with Crippen LogP contribution in [0.5, 0.6) is 23.0 Å². The topological polar surface area (TPSA) is 208 Å². The molecule has 0 saturated heterocycles. The summed E-state index contributed by atoms with van der Waals surface area (Å²) in [6, 6.07) is 7.21. The average Bonchev–Trinajstić information content (AvgIpc) is 3.27. The fourth-order valence-corrected chi connectivity index (χ4v) is 13.6. The zero-order chi connectivity index (χ0) is 48.2. The van der Waals surface area contributed by atoms with Crippen molar-refractivity contribution in [3.05, 3.63) is 106 Å². The van der Waals surface area contributed by atoms with Gasteiger partial charge in [0.05, 0.1) is 12.4 Å². The normalized spacial score (nSPS) is 28.5. The highest BCUT2D eigenvalue weighted by Crippen LogP contribution is 2.67. The van der Waals surface area contributed by atoms with Crippen molar-refractivity contribution in [1.29, 1.82) is 0 Å². The second kappa shape index (κ2) is 15.2. The summed E-state index contributed by atoms with van der Waals surface area (Å²) in [6.45, 7) is 5.21. The van der Waals surface area contributed by atoms with Gasteiger partial charge in [-0.3, -0.25) is 9.98 Å². The van der Waals surface area contributed by atoms with Crippen LogP contribution in [0, 0.1) is 11.6 Å². The predicted octanol–water partition coefficient (Wildman–Crippen LogP) is 6.82. The van der Waals surface area contributed by atoms with E-state index in [1.54, 1.807) is 0 Å². The third-order valence-corrected chi connectivity index (χ3v) is 18.7. The Hall–Kier alpha value is -6.16. The molecule has 22 heteroatoms. The molecule has 66 heavy (non-hydrogen) atoms. The molecule has 4 atom stereocenters. The van der Waals surface area contributed by atoms with Gasteiger partial charge in [-0.2, -0.15) is 0 Å². The number of amidine groups is 2. The molecule has 4 aliphatic rings. The molecule has 0 amide bonds. The fourth-order valence-electron chi connectivity index (χ4n) is 8.45. The maximum Gasteiger partial charge on any atom is 0.290 e. The second-order valence-corrected chi connectivity index (χ2v) is 22.4. The van der Waals surface area contributed by atoms with E-state index in [2.05, 4.69) is 20.0 Å². The van der Waals surface area contributed by atoms with Gasteiger partial charge in [0.1, 0.15) is 93.3 Å². The van der Waals surface area contributed by atoms with Crippen LogP contribution in [0.1, 0.15) is 75.2 Å². The lowest BCUT2D eigenvalue weighted by Gasteiger charge is -2.58. The maximum absolute atomic E-state index is 19.8. The molecule has 4 aromatic rings. The van der Waals surface area contributed by atoms with E-state index in [0.717, 1.165) is 64.1 Å². The minimum atomic E-state index is -6.18. The minimum Gasteiger partial charge on any atom is -0.486 e. The zero-order valence-corrected chi connectivity index (χ0v) is 37.7. The van der Waals surface area contributed by atoms with Gasteiger partial charge in [0.25, 0.3) is 10.0 Å². The maximum atomic E-state index is 19.8. The van der Waals surface area contributed by atoms with Crippen molar-refractivity contribution in [3.8, 4) is 23.0 Å². The molecule has 6 heterocycles. The number of aromatic nitrogens is 2. The van der Waals surface area contributed by atoms with Crippen molar-refractivity contribution >= 4 is 55.2 Å². The number of fused-ring (bicyclic) bond motifs is 2. The van der Waals surface area contributed by atoms with Gasteiger partial charge < -0.3 is 30.4 Å². The van der Waals surface area contributed by atoms with Crippen molar-refractivity contribution in [1.82, 2.24) is 9.97 Å². The Morgan fingerprint density at radius 1 is 0.576 bits per heavy atom. The molecule has 14 nitrogen and oxygen atoms in total. The SMILES string of the molecule is CC1(C)C(N)=N[C@](C)(c2cc(/C=C(\F)c3cc4c(cn3)OCCO4)ccc2F)[C@](F)([C@]2(F)[C@@](C)(c3cc(C=C(F)c4cc5c(cn4)OCCO5)ccc3F)N=C(N)C(C)(C)S2(=O)=O)S1(=O)=O. The first-order valence-corrected chi connectivity index (χ1v) is 23.1. The minimum absolute atomic E-state index is 0.153. The Balaban J connectivity index is 1.37. The number of halogens is 6. The monoisotopic (exact) mass is 960 g/mol. The number of hydrogen-bond acceptors (Lipinski definition) is 14. The quantitative estimate of drug-likeness (QED) is 0.183. The first-order valence-electron chi connectivity index (χ1n) is 20.1. The number of benzene rings is 2. The highest BCUT2D eigenvalue weighted by atomic mass is 32.2. The Bertz CT molecular complexity index is 2890. The van der Waals surface area contributed by atoms with Crippen LogP contribution in [-0.4, -0.2) is 84.4 Å². The van der Waals surface area contributed by atoms with Gasteiger partial charge in [-0.1, -0.05) is 12.1 Å². The molecule has 4 aliphatic heterocycles. The molecule has 0 fully saturated rings. The van der Waals surface area contributed by atoms with Crippen molar-refractivity contribution in [2.24, 2.45) is 21.5 Å². The van der Waals surface area contributed by atoms with E-state index in [4.69, 9.17) is 30.4 Å². The van der Waals surface area contributed by atoms with Gasteiger partial charge >= 0.3 is 0 Å². The number of nitrogens with two attached hydrogens (primary N) is 2. The molecule has 8 rings (SSSR count). The molecule has 2 aromatic heterocycles. The Labute approximate surface area is 375 Å². The molecule has 0 bridgehead atoms. The lowest BCUT2D eigenvalue weighted by Crippen LogP contribution is -2.81. The predicted molar refractivity (Wildman–Crippen MR) is 233 cm³/mol. The number of nitrogens with zero attached hydrogens (tertiary/aromatic N) is 4. The standard InChI is InChI=1S/C44H42F6N6O8S2/c1-39(2)37(51)55-41(5,25-15-23(7-9-27(25)45)17-29(47)31-19-33-35(21-53-31)63-13-11-61-33)43(49,65(39,57)58)44(50)42(6,56-38(52)40(3,4)66(44,59)60)26-16-24(8-10-28(26)46)18-30(48)32-20-34-36(22-54-32)64-14-12-62-34/h7-10,15-22H,11-14H2,1-6H3,(H2,51,55)(H2,52,56)/b29-17-,30-18?/t41-,42-,43-,44+/m1/s1. The lowest BCUT2D eigenvalue weighted by atomic mass is 9.74. The first-order chi connectivity index (χ1) is 30.7. The van der Waals surface area contributed by atoms with Gasteiger partial charge in [0, 0.05) is 23.3 Å². The van der Waals surface area contributed by atoms with E-state index < -0.39 is 96.3 Å². The van der Waals surface area contributed by atoms with Crippen LogP contribution in [0.3, 0.4) is 0 Å². The van der Waals surface area contributed by atoms with Crippen LogP contribution in [0.25, 0.3) is 23.8 Å². The molecular formula is C44H42F6N6O8S2. The van der Waals surface area contributed by atoms with Crippen molar-refractivity contribution in [2.45, 2.75) is 72.1 Å². The van der Waals surface area contributed by atoms with Crippen LogP contribution in [0.2, 0.25) is 0 Å². The zero-order valence-electron chi connectivity index (χ0n) is 36.1. The molecule has 0 radical (unpaired) electrons. The van der Waals surface area contributed by atoms with Crippen LogP contribution in [0.4, 0.5) is 26.3 Å². The summed E-state index contributed by atoms with van der Waals surface area (Å²) in [5.74, 6) is -6.12. The van der Waals surface area contributed by atoms with E-state index in [1.807, 2.05) is 0 Å². The van der Waals surface area contributed by atoms with E-state index >= 15 is 43.2 Å². The largest absolute Gasteiger partial charge is 0.486 e. The smallest absolute Gasteiger partial charge is 0.290 e. The molecule has 0 aliphatic carbocycles. The summed E-state index contributed by atoms with van der Waals surface area (Å²) < 4.78 is 182. The van der Waals surface area contributed by atoms with E-state index in [0.29, 0.717) is 26.0 Å². The summed E-state index contributed by atoms with van der Waals surface area (Å²) in [4.78, 5) is 16.2. The Morgan fingerprint density at radius 2 is 0.909 bits per heavy atom. The number of sulfone groups is 2. The summed E-state index contributed by atoms with van der Waals surface area (Å²) >= 11 is 0. The van der Waals surface area contributed by atoms with Crippen molar-refractivity contribution < 1.29 is 62.1 Å². The number of aliphatic imine (C=N–C) groups is 2. The molecule has 4 N–H and O–H groups in total. The van der Waals surface area contributed by atoms with Gasteiger partial charge in [-0.05, 0) is 89.1 Å². The molecule has 0 saturated carbocycles. The average molecular weight is 961 g/mol. The molecule has 350 valence electrons. The van der Waals surface area contributed by atoms with Crippen LogP contribution in [0.15, 0.2) is 70.9 Å². The Morgan fingerprint density at radius 3 is 1.26 bits per heavy atom. The second-order valence-electron chi connectivity index (χ2n) is 17.2. The summed E-state index contributed by atoms with van der Waals surface area (Å²) in [5.41, 5.74) is 1.87. The van der Waals surface area contributed by atoms with E-state index in [9.17, 15) is 0 Å². The number of rotatable bonds is 7. The number of hydrogen-bond donors (Lipinski definition) is 2. The molecule has 0 unspecified atom stereocenters. The number of alkyl halides is 2. The number of ether oxygens (including phenoxy) is 4. The highest BCUT2D eigenvalue weighted by Gasteiger charge is 2.89. The van der Waals surface area contributed by atoms with Gasteiger partial charge in [0.15, 0.2) is 23.0 Å². The molecule has 2 aromatic carbocycles. The molecular weight excluding hydrogens is 919 g/mol. The molecule has 0 spiro atoms. The Kier molecular flexibility index (Phi) is 10.7. The first kappa shape index (κ1) is 46.4. The van der Waals surface area contributed by atoms with Crippen LogP contribution < -0.4 is 30.4 Å². The van der Waals surface area contributed by atoms with Crippen molar-refractivity contribution in [3.63, 3.8) is 0 Å². The van der Waals surface area contributed by atoms with Gasteiger partial charge in [-0.15, -0.1) is 0 Å². The fraction of sp³-hybridized carbons (Fsp3) is 0.364. The summed E-state index contributed by atoms with van der Waals surface area (Å²) in [7, 11) is -12.4. The van der Waals surface area contributed by atoms with Gasteiger partial charge in [-0.25, -0.2) is 53.1 Å². The highest BCUT2D eigenvalue weighted by molar-refractivity contribution is 7.99. The summed E-state index contributed by atoms with van der Waals surface area (Å²) in [5, 5.41) is -10.1. The van der Waals surface area contributed by atoms with Gasteiger partial charge in [0.2, 0.25) is 19.7 Å². The van der Waals surface area contributed by atoms with E-state index in [-0.39, 0.29) is 71.9 Å². The number of pyridine rings is 2. The third kappa shape index (κ3) is 6.26. The third-order valence-electron chi connectivity index (χ3n) is 12.6. The summed E-state index contributed by atoms with van der Waals surface area (Å²) in [6.07, 6.45) is 3.99. The van der Waals surface area contributed by atoms with Crippen LogP contribution >= 0.6 is 0 Å². The lowest BCUT2D eigenvalue weighted by molar-refractivity contribution is -0.0267. The van der Waals surface area contributed by atoms with E-state index in [1.165, 1.54) is 24.5 Å².